The van der Waals surface area contributed by atoms with Crippen molar-refractivity contribution in [2.45, 2.75) is 57.7 Å². The van der Waals surface area contributed by atoms with Crippen LogP contribution in [0, 0.1) is 10.1 Å². The number of halogens is 3. The molecule has 2 aliphatic heterocycles. The van der Waals surface area contributed by atoms with E-state index < -0.39 is 22.4 Å². The zero-order chi connectivity index (χ0) is 29.1. The largest absolute Gasteiger partial charge is 0.423 e. The first-order valence-electron chi connectivity index (χ1n) is 13.8. The molecule has 1 N–H and O–H groups in total. The summed E-state index contributed by atoms with van der Waals surface area (Å²) in [5, 5.41) is 14.0. The van der Waals surface area contributed by atoms with Crippen molar-refractivity contribution in [3.8, 4) is 0 Å². The molecule has 2 aromatic carbocycles. The van der Waals surface area contributed by atoms with Crippen LogP contribution in [0.1, 0.15) is 51.2 Å². The number of amides is 1. The predicted molar refractivity (Wildman–Crippen MR) is 150 cm³/mol. The van der Waals surface area contributed by atoms with Crippen molar-refractivity contribution in [2.24, 2.45) is 0 Å². The Morgan fingerprint density at radius 1 is 0.975 bits per heavy atom. The van der Waals surface area contributed by atoms with Gasteiger partial charge in [-0.2, -0.15) is 13.2 Å². The second-order valence-corrected chi connectivity index (χ2v) is 11.7. The molecule has 0 radical (unpaired) electrons. The summed E-state index contributed by atoms with van der Waals surface area (Å²) < 4.78 is 39.8. The van der Waals surface area contributed by atoms with Gasteiger partial charge < -0.3 is 15.1 Å². The van der Waals surface area contributed by atoms with Crippen LogP contribution in [-0.4, -0.2) is 72.5 Å². The van der Waals surface area contributed by atoms with E-state index in [9.17, 15) is 28.1 Å². The van der Waals surface area contributed by atoms with Crippen LogP contribution in [0.4, 0.5) is 30.2 Å². The van der Waals surface area contributed by atoms with E-state index in [0.717, 1.165) is 38.3 Å². The number of rotatable bonds is 7. The van der Waals surface area contributed by atoms with E-state index in [0.29, 0.717) is 38.9 Å². The highest BCUT2D eigenvalue weighted by molar-refractivity contribution is 5.76. The fourth-order valence-corrected chi connectivity index (χ4v) is 5.33. The van der Waals surface area contributed by atoms with Crippen molar-refractivity contribution in [3.05, 3.63) is 63.7 Å². The number of piperidine rings is 1. The van der Waals surface area contributed by atoms with E-state index in [2.05, 4.69) is 60.2 Å². The first-order chi connectivity index (χ1) is 18.8. The Bertz CT molecular complexity index is 1180. The number of nitro benzene ring substituents is 1. The second-order valence-electron chi connectivity index (χ2n) is 11.7. The van der Waals surface area contributed by atoms with E-state index in [1.54, 1.807) is 0 Å². The highest BCUT2D eigenvalue weighted by atomic mass is 19.4. The van der Waals surface area contributed by atoms with Crippen molar-refractivity contribution in [2.75, 3.05) is 56.0 Å². The lowest BCUT2D eigenvalue weighted by Crippen LogP contribution is -2.48. The normalized spacial score (nSPS) is 17.6. The molecule has 2 aromatic rings. The lowest BCUT2D eigenvalue weighted by molar-refractivity contribution is -0.388. The SMILES string of the molecule is CC(C)(C)c1ccc(N2CCN(CCC(=O)N3CCC(Nc4ccc([N+](=O)[O-])c(C(F)(F)F)c4)CC3)CC2)cc1. The van der Waals surface area contributed by atoms with Crippen LogP contribution < -0.4 is 10.2 Å². The van der Waals surface area contributed by atoms with Crippen molar-refractivity contribution < 1.29 is 22.9 Å². The van der Waals surface area contributed by atoms with E-state index in [1.807, 2.05) is 4.90 Å². The molecule has 0 aromatic heterocycles. The average Bonchev–Trinajstić information content (AvgIpc) is 2.91. The fraction of sp³-hybridized carbons (Fsp3) is 0.552. The van der Waals surface area contributed by atoms with Crippen molar-refractivity contribution in [1.82, 2.24) is 9.80 Å². The van der Waals surface area contributed by atoms with Gasteiger partial charge in [0.05, 0.1) is 4.92 Å². The number of hydrogen-bond acceptors (Lipinski definition) is 6. The molecule has 8 nitrogen and oxygen atoms in total. The van der Waals surface area contributed by atoms with E-state index >= 15 is 0 Å². The zero-order valence-electron chi connectivity index (χ0n) is 23.3. The van der Waals surface area contributed by atoms with Gasteiger partial charge in [0, 0.05) is 75.7 Å². The molecule has 2 saturated heterocycles. The molecule has 0 bridgehead atoms. The molecule has 0 unspecified atom stereocenters. The topological polar surface area (TPSA) is 82.0 Å². The molecular weight excluding hydrogens is 523 g/mol. The highest BCUT2D eigenvalue weighted by Crippen LogP contribution is 2.38. The molecule has 218 valence electrons. The Balaban J connectivity index is 1.19. The standard InChI is InChI=1S/C29H38F3N5O3/c1-28(2,3)21-4-7-24(8-5-21)35-18-16-34(17-19-35)13-12-27(38)36-14-10-22(11-15-36)33-23-6-9-26(37(39)40)25(20-23)29(30,31)32/h4-9,20,22,33H,10-19H2,1-3H3. The molecule has 2 heterocycles. The maximum atomic E-state index is 13.3. The smallest absolute Gasteiger partial charge is 0.382 e. The summed E-state index contributed by atoms with van der Waals surface area (Å²) in [6.45, 7) is 12.0. The molecule has 11 heteroatoms. The maximum Gasteiger partial charge on any atom is 0.423 e. The number of likely N-dealkylation sites (tertiary alicyclic amines) is 1. The Kier molecular flexibility index (Phi) is 8.92. The van der Waals surface area contributed by atoms with Gasteiger partial charge in [-0.1, -0.05) is 32.9 Å². The van der Waals surface area contributed by atoms with Gasteiger partial charge in [0.2, 0.25) is 5.91 Å². The van der Waals surface area contributed by atoms with Gasteiger partial charge in [0.25, 0.3) is 5.69 Å². The summed E-state index contributed by atoms with van der Waals surface area (Å²) in [5.74, 6) is 0.0911. The average molecular weight is 562 g/mol. The fourth-order valence-electron chi connectivity index (χ4n) is 5.33. The summed E-state index contributed by atoms with van der Waals surface area (Å²) in [6.07, 6.45) is -3.19. The number of anilines is 2. The van der Waals surface area contributed by atoms with Gasteiger partial charge in [-0.05, 0) is 48.1 Å². The summed E-state index contributed by atoms with van der Waals surface area (Å²) in [7, 11) is 0. The Morgan fingerprint density at radius 3 is 2.15 bits per heavy atom. The van der Waals surface area contributed by atoms with Gasteiger partial charge in [-0.15, -0.1) is 0 Å². The summed E-state index contributed by atoms with van der Waals surface area (Å²) in [5.41, 5.74) is 0.623. The summed E-state index contributed by atoms with van der Waals surface area (Å²) >= 11 is 0. The van der Waals surface area contributed by atoms with Crippen molar-refractivity contribution >= 4 is 23.0 Å². The molecule has 0 saturated carbocycles. The van der Waals surface area contributed by atoms with Crippen LogP contribution in [0.25, 0.3) is 0 Å². The molecule has 0 atom stereocenters. The van der Waals surface area contributed by atoms with Gasteiger partial charge in [-0.3, -0.25) is 19.8 Å². The van der Waals surface area contributed by atoms with Crippen molar-refractivity contribution in [3.63, 3.8) is 0 Å². The molecule has 0 spiro atoms. The van der Waals surface area contributed by atoms with E-state index in [1.165, 1.54) is 17.3 Å². The van der Waals surface area contributed by atoms with E-state index in [-0.39, 0.29) is 23.1 Å². The number of hydrogen-bond donors (Lipinski definition) is 1. The molecular formula is C29H38F3N5O3. The minimum atomic E-state index is -4.82. The number of benzene rings is 2. The monoisotopic (exact) mass is 561 g/mol. The van der Waals surface area contributed by atoms with Crippen LogP contribution in [0.3, 0.4) is 0 Å². The molecule has 0 aliphatic carbocycles. The third-order valence-electron chi connectivity index (χ3n) is 7.83. The first-order valence-corrected chi connectivity index (χ1v) is 13.8. The summed E-state index contributed by atoms with van der Waals surface area (Å²) in [4.78, 5) is 29.3. The van der Waals surface area contributed by atoms with Crippen molar-refractivity contribution in [1.29, 1.82) is 0 Å². The summed E-state index contributed by atoms with van der Waals surface area (Å²) in [6, 6.07) is 11.6. The number of piperazine rings is 1. The number of carbonyl (C=O) groups excluding carboxylic acids is 1. The Hall–Kier alpha value is -3.34. The minimum absolute atomic E-state index is 0.0911. The Morgan fingerprint density at radius 2 is 1.60 bits per heavy atom. The number of nitrogens with one attached hydrogen (secondary N) is 1. The Labute approximate surface area is 233 Å². The quantitative estimate of drug-likeness (QED) is 0.354. The number of alkyl halides is 3. The number of nitro groups is 1. The van der Waals surface area contributed by atoms with Crippen LogP contribution in [0.2, 0.25) is 0 Å². The van der Waals surface area contributed by atoms with E-state index in [4.69, 9.17) is 0 Å². The minimum Gasteiger partial charge on any atom is -0.382 e. The molecule has 1 amide bonds. The van der Waals surface area contributed by atoms with Crippen LogP contribution >= 0.6 is 0 Å². The van der Waals surface area contributed by atoms with Gasteiger partial charge >= 0.3 is 6.18 Å². The van der Waals surface area contributed by atoms with Crippen LogP contribution in [0.5, 0.6) is 0 Å². The third kappa shape index (κ3) is 7.44. The molecule has 2 aliphatic rings. The van der Waals surface area contributed by atoms with Gasteiger partial charge in [0.1, 0.15) is 5.56 Å². The number of nitrogens with zero attached hydrogens (tertiary/aromatic N) is 4. The lowest BCUT2D eigenvalue weighted by Gasteiger charge is -2.37. The maximum absolute atomic E-state index is 13.3. The molecule has 40 heavy (non-hydrogen) atoms. The molecule has 4 rings (SSSR count). The lowest BCUT2D eigenvalue weighted by atomic mass is 9.87. The third-order valence-corrected chi connectivity index (χ3v) is 7.83. The molecule has 2 fully saturated rings. The second kappa shape index (κ2) is 12.0. The highest BCUT2D eigenvalue weighted by Gasteiger charge is 2.38. The number of carbonyl (C=O) groups is 1. The van der Waals surface area contributed by atoms with Gasteiger partial charge in [-0.25, -0.2) is 0 Å². The van der Waals surface area contributed by atoms with Crippen LogP contribution in [-0.2, 0) is 16.4 Å². The predicted octanol–water partition coefficient (Wildman–Crippen LogP) is 5.53. The van der Waals surface area contributed by atoms with Gasteiger partial charge in [0.15, 0.2) is 0 Å². The van der Waals surface area contributed by atoms with Crippen LogP contribution in [0.15, 0.2) is 42.5 Å². The zero-order valence-corrected chi connectivity index (χ0v) is 23.3. The first kappa shape index (κ1) is 29.6.